The molecule has 0 aliphatic carbocycles. The van der Waals surface area contributed by atoms with Crippen molar-refractivity contribution in [2.75, 3.05) is 13.2 Å². The molecule has 0 radical (unpaired) electrons. The minimum Gasteiger partial charge on any atom is -0.395 e. The van der Waals surface area contributed by atoms with Gasteiger partial charge in [-0.1, -0.05) is 41.9 Å². The predicted octanol–water partition coefficient (Wildman–Crippen LogP) is 3.22. The van der Waals surface area contributed by atoms with Gasteiger partial charge in [0.1, 0.15) is 5.82 Å². The highest BCUT2D eigenvalue weighted by atomic mass is 35.5. The zero-order valence-corrected chi connectivity index (χ0v) is 12.7. The first kappa shape index (κ1) is 16.0. The van der Waals surface area contributed by atoms with E-state index in [2.05, 4.69) is 0 Å². The van der Waals surface area contributed by atoms with Crippen molar-refractivity contribution in [1.82, 2.24) is 0 Å². The minimum atomic E-state index is -0.739. The topological polar surface area (TPSA) is 46.2 Å². The number of aryl methyl sites for hydroxylation is 1. The van der Waals surface area contributed by atoms with Gasteiger partial charge >= 0.3 is 0 Å². The Morgan fingerprint density at radius 1 is 1.19 bits per heavy atom. The molecule has 1 unspecified atom stereocenters. The van der Waals surface area contributed by atoms with Gasteiger partial charge in [-0.3, -0.25) is 0 Å². The summed E-state index contributed by atoms with van der Waals surface area (Å²) < 4.78 is 14.1. The summed E-state index contributed by atoms with van der Waals surface area (Å²) in [6, 6.07) is 12.3. The van der Waals surface area contributed by atoms with Crippen LogP contribution in [0.1, 0.15) is 16.7 Å². The van der Waals surface area contributed by atoms with Crippen molar-refractivity contribution in [2.24, 2.45) is 5.73 Å². The molecule has 112 valence electrons. The summed E-state index contributed by atoms with van der Waals surface area (Å²) >= 11 is 6.11. The fourth-order valence-corrected chi connectivity index (χ4v) is 2.92. The fraction of sp³-hybridized carbons (Fsp3) is 0.294. The maximum Gasteiger partial charge on any atom is 0.127 e. The SMILES string of the molecule is Cc1ccccc1C(CN)(CO)Cc1c(F)cccc1Cl. The van der Waals surface area contributed by atoms with E-state index in [-0.39, 0.29) is 25.4 Å². The van der Waals surface area contributed by atoms with Crippen molar-refractivity contribution in [2.45, 2.75) is 18.8 Å². The molecule has 0 aromatic heterocycles. The first-order valence-corrected chi connectivity index (χ1v) is 7.22. The van der Waals surface area contributed by atoms with Crippen LogP contribution in [0.2, 0.25) is 5.02 Å². The molecule has 2 nitrogen and oxygen atoms in total. The zero-order chi connectivity index (χ0) is 15.5. The van der Waals surface area contributed by atoms with Gasteiger partial charge in [-0.2, -0.15) is 0 Å². The van der Waals surface area contributed by atoms with Crippen molar-refractivity contribution in [3.8, 4) is 0 Å². The molecule has 21 heavy (non-hydrogen) atoms. The molecule has 4 heteroatoms. The number of rotatable bonds is 5. The first-order valence-electron chi connectivity index (χ1n) is 6.84. The Bertz CT molecular complexity index is 606. The highest BCUT2D eigenvalue weighted by molar-refractivity contribution is 6.31. The van der Waals surface area contributed by atoms with Gasteiger partial charge in [-0.05, 0) is 36.6 Å². The van der Waals surface area contributed by atoms with Gasteiger partial charge in [-0.25, -0.2) is 4.39 Å². The summed E-state index contributed by atoms with van der Waals surface area (Å²) in [6.07, 6.45) is 0.260. The fourth-order valence-electron chi connectivity index (χ4n) is 2.69. The van der Waals surface area contributed by atoms with Gasteiger partial charge in [0.25, 0.3) is 0 Å². The molecule has 0 heterocycles. The predicted molar refractivity (Wildman–Crippen MR) is 84.1 cm³/mol. The van der Waals surface area contributed by atoms with E-state index in [1.807, 2.05) is 31.2 Å². The van der Waals surface area contributed by atoms with Crippen LogP contribution in [0, 0.1) is 12.7 Å². The Balaban J connectivity index is 2.51. The van der Waals surface area contributed by atoms with Crippen molar-refractivity contribution < 1.29 is 9.50 Å². The highest BCUT2D eigenvalue weighted by Gasteiger charge is 2.33. The number of aliphatic hydroxyl groups excluding tert-OH is 1. The van der Waals surface area contributed by atoms with Crippen LogP contribution in [-0.2, 0) is 11.8 Å². The Hall–Kier alpha value is -1.42. The van der Waals surface area contributed by atoms with Gasteiger partial charge in [0, 0.05) is 22.5 Å². The second-order valence-corrected chi connectivity index (χ2v) is 5.74. The molecular weight excluding hydrogens is 289 g/mol. The lowest BCUT2D eigenvalue weighted by Gasteiger charge is -2.33. The first-order chi connectivity index (χ1) is 10.0. The van der Waals surface area contributed by atoms with Crippen LogP contribution in [0.5, 0.6) is 0 Å². The molecule has 0 bridgehead atoms. The maximum absolute atomic E-state index is 14.1. The second-order valence-electron chi connectivity index (χ2n) is 5.33. The third-order valence-corrected chi connectivity index (χ3v) is 4.34. The minimum absolute atomic E-state index is 0.168. The van der Waals surface area contributed by atoms with E-state index in [1.54, 1.807) is 12.1 Å². The Labute approximate surface area is 129 Å². The number of hydrogen-bond donors (Lipinski definition) is 2. The van der Waals surface area contributed by atoms with E-state index in [1.165, 1.54) is 6.07 Å². The monoisotopic (exact) mass is 307 g/mol. The average Bonchev–Trinajstić information content (AvgIpc) is 2.49. The lowest BCUT2D eigenvalue weighted by Crippen LogP contribution is -2.42. The van der Waals surface area contributed by atoms with Crippen LogP contribution in [0.4, 0.5) is 4.39 Å². The van der Waals surface area contributed by atoms with E-state index >= 15 is 0 Å². The molecule has 0 aliphatic heterocycles. The lowest BCUT2D eigenvalue weighted by molar-refractivity contribution is 0.194. The zero-order valence-electron chi connectivity index (χ0n) is 11.9. The summed E-state index contributed by atoms with van der Waals surface area (Å²) in [5, 5.41) is 10.3. The van der Waals surface area contributed by atoms with Gasteiger partial charge in [0.05, 0.1) is 6.61 Å². The van der Waals surface area contributed by atoms with Gasteiger partial charge in [0.2, 0.25) is 0 Å². The normalized spacial score (nSPS) is 14.0. The molecule has 2 aromatic carbocycles. The van der Waals surface area contributed by atoms with Crippen LogP contribution in [0.3, 0.4) is 0 Å². The van der Waals surface area contributed by atoms with Crippen LogP contribution >= 0.6 is 11.6 Å². The molecule has 0 amide bonds. The van der Waals surface area contributed by atoms with Crippen LogP contribution < -0.4 is 5.73 Å². The summed E-state index contributed by atoms with van der Waals surface area (Å²) in [7, 11) is 0. The quantitative estimate of drug-likeness (QED) is 0.891. The van der Waals surface area contributed by atoms with Gasteiger partial charge < -0.3 is 10.8 Å². The molecule has 2 rings (SSSR count). The highest BCUT2D eigenvalue weighted by Crippen LogP contribution is 2.33. The van der Waals surface area contributed by atoms with E-state index in [0.717, 1.165) is 11.1 Å². The molecule has 3 N–H and O–H groups in total. The number of aliphatic hydroxyl groups is 1. The summed E-state index contributed by atoms with van der Waals surface area (Å²) in [6.45, 7) is 2.00. The van der Waals surface area contributed by atoms with Crippen LogP contribution in [0.15, 0.2) is 42.5 Å². The molecule has 0 spiro atoms. The maximum atomic E-state index is 14.1. The third-order valence-electron chi connectivity index (χ3n) is 3.99. The van der Waals surface area contributed by atoms with Crippen LogP contribution in [0.25, 0.3) is 0 Å². The average molecular weight is 308 g/mol. The molecule has 2 aromatic rings. The molecule has 0 aliphatic rings. The van der Waals surface area contributed by atoms with Crippen molar-refractivity contribution in [3.05, 3.63) is 70.0 Å². The van der Waals surface area contributed by atoms with E-state index < -0.39 is 5.41 Å². The third kappa shape index (κ3) is 3.10. The smallest absolute Gasteiger partial charge is 0.127 e. The van der Waals surface area contributed by atoms with E-state index in [0.29, 0.717) is 10.6 Å². The van der Waals surface area contributed by atoms with Gasteiger partial charge in [0.15, 0.2) is 0 Å². The lowest BCUT2D eigenvalue weighted by atomic mass is 9.74. The molecule has 0 fully saturated rings. The molecule has 0 saturated carbocycles. The summed E-state index contributed by atoms with van der Waals surface area (Å²) in [4.78, 5) is 0. The molecule has 0 saturated heterocycles. The Kier molecular flexibility index (Phi) is 4.99. The van der Waals surface area contributed by atoms with E-state index in [4.69, 9.17) is 17.3 Å². The second kappa shape index (κ2) is 6.56. The number of halogens is 2. The van der Waals surface area contributed by atoms with Gasteiger partial charge in [-0.15, -0.1) is 0 Å². The largest absolute Gasteiger partial charge is 0.395 e. The molecular formula is C17H19ClFNO. The van der Waals surface area contributed by atoms with Crippen molar-refractivity contribution in [3.63, 3.8) is 0 Å². The Morgan fingerprint density at radius 2 is 1.90 bits per heavy atom. The number of benzene rings is 2. The summed E-state index contributed by atoms with van der Waals surface area (Å²) in [5.41, 5.74) is 7.54. The van der Waals surface area contributed by atoms with Crippen molar-refractivity contribution >= 4 is 11.6 Å². The number of hydrogen-bond acceptors (Lipinski definition) is 2. The number of nitrogens with two attached hydrogens (primary N) is 1. The summed E-state index contributed by atoms with van der Waals surface area (Å²) in [5.74, 6) is -0.373. The molecule has 1 atom stereocenters. The van der Waals surface area contributed by atoms with Crippen molar-refractivity contribution in [1.29, 1.82) is 0 Å². The Morgan fingerprint density at radius 3 is 2.48 bits per heavy atom. The van der Waals surface area contributed by atoms with E-state index in [9.17, 15) is 9.50 Å². The standard InChI is InChI=1S/C17H19ClFNO/c1-12-5-2-3-6-14(12)17(10-20,11-21)9-13-15(18)7-4-8-16(13)19/h2-8,21H,9-11,20H2,1H3. The van der Waals surface area contributed by atoms with Crippen LogP contribution in [-0.4, -0.2) is 18.3 Å².